The average Bonchev–Trinajstić information content (AvgIpc) is 3.38. The third-order valence-corrected chi connectivity index (χ3v) is 4.72. The molecule has 1 fully saturated rings. The molecule has 1 aliphatic carbocycles. The molecule has 0 aromatic heterocycles. The molecule has 3 N–H and O–H groups in total. The van der Waals surface area contributed by atoms with E-state index in [-0.39, 0.29) is 24.8 Å². The molecular weight excluding hydrogens is 351 g/mol. The Morgan fingerprint density at radius 1 is 1.04 bits per heavy atom. The van der Waals surface area contributed by atoms with Gasteiger partial charge in [-0.25, -0.2) is 0 Å². The van der Waals surface area contributed by atoms with Crippen molar-refractivity contribution in [1.29, 1.82) is 0 Å². The summed E-state index contributed by atoms with van der Waals surface area (Å²) in [5.74, 6) is 0.685. The van der Waals surface area contributed by atoms with E-state index in [2.05, 4.69) is 72.9 Å². The SMILES string of the molecule is CCC(=Cc1ccccc1)[C@@H]1CC1NCc1ccccc1CN.Cl.Cl. The quantitative estimate of drug-likeness (QED) is 0.714. The van der Waals surface area contributed by atoms with Gasteiger partial charge in [0.05, 0.1) is 0 Å². The fourth-order valence-corrected chi connectivity index (χ4v) is 3.24. The number of rotatable bonds is 7. The zero-order valence-corrected chi connectivity index (χ0v) is 16.3. The first-order valence-electron chi connectivity index (χ1n) is 8.57. The Balaban J connectivity index is 0.00000156. The Morgan fingerprint density at radius 3 is 2.32 bits per heavy atom. The molecule has 136 valence electrons. The second kappa shape index (κ2) is 10.6. The van der Waals surface area contributed by atoms with Crippen LogP contribution >= 0.6 is 24.8 Å². The van der Waals surface area contributed by atoms with Crippen LogP contribution in [-0.4, -0.2) is 6.04 Å². The van der Waals surface area contributed by atoms with Gasteiger partial charge in [-0.1, -0.05) is 73.2 Å². The van der Waals surface area contributed by atoms with Crippen molar-refractivity contribution in [3.63, 3.8) is 0 Å². The molecule has 0 saturated heterocycles. The van der Waals surface area contributed by atoms with Crippen molar-refractivity contribution < 1.29 is 0 Å². The van der Waals surface area contributed by atoms with Gasteiger partial charge in [-0.2, -0.15) is 0 Å². The number of hydrogen-bond donors (Lipinski definition) is 2. The number of halogens is 2. The minimum Gasteiger partial charge on any atom is -0.326 e. The van der Waals surface area contributed by atoms with Crippen molar-refractivity contribution in [2.75, 3.05) is 0 Å². The summed E-state index contributed by atoms with van der Waals surface area (Å²) in [6.45, 7) is 3.78. The predicted molar refractivity (Wildman–Crippen MR) is 112 cm³/mol. The molecule has 0 amide bonds. The van der Waals surface area contributed by atoms with Gasteiger partial charge in [-0.05, 0) is 35.4 Å². The highest BCUT2D eigenvalue weighted by atomic mass is 35.5. The maximum atomic E-state index is 5.82. The van der Waals surface area contributed by atoms with Crippen molar-refractivity contribution in [2.45, 2.75) is 38.9 Å². The molecule has 2 nitrogen and oxygen atoms in total. The monoisotopic (exact) mass is 378 g/mol. The van der Waals surface area contributed by atoms with Gasteiger partial charge in [0, 0.05) is 19.1 Å². The second-order valence-corrected chi connectivity index (χ2v) is 6.29. The molecule has 0 heterocycles. The molecule has 25 heavy (non-hydrogen) atoms. The standard InChI is InChI=1S/C21H26N2.2ClH/c1-2-17(12-16-8-4-3-5-9-16)20-13-21(20)23-15-19-11-7-6-10-18(19)14-22;;/h3-12,20-21,23H,2,13-15,22H2,1H3;2*1H/t20-,21?;;/m0../s1. The summed E-state index contributed by atoms with van der Waals surface area (Å²) in [5.41, 5.74) is 11.3. The lowest BCUT2D eigenvalue weighted by Crippen LogP contribution is -2.19. The minimum atomic E-state index is 0. The van der Waals surface area contributed by atoms with Crippen LogP contribution in [0.25, 0.3) is 6.08 Å². The van der Waals surface area contributed by atoms with Crippen molar-refractivity contribution >= 4 is 30.9 Å². The average molecular weight is 379 g/mol. The van der Waals surface area contributed by atoms with Crippen molar-refractivity contribution in [3.8, 4) is 0 Å². The summed E-state index contributed by atoms with van der Waals surface area (Å²) < 4.78 is 0. The van der Waals surface area contributed by atoms with Crippen LogP contribution in [-0.2, 0) is 13.1 Å². The highest BCUT2D eigenvalue weighted by Crippen LogP contribution is 2.39. The van der Waals surface area contributed by atoms with Crippen molar-refractivity contribution in [1.82, 2.24) is 5.32 Å². The summed E-state index contributed by atoms with van der Waals surface area (Å²) >= 11 is 0. The summed E-state index contributed by atoms with van der Waals surface area (Å²) in [4.78, 5) is 0. The van der Waals surface area contributed by atoms with Crippen LogP contribution in [0, 0.1) is 5.92 Å². The molecule has 2 atom stereocenters. The van der Waals surface area contributed by atoms with Gasteiger partial charge in [-0.15, -0.1) is 24.8 Å². The molecule has 1 saturated carbocycles. The fraction of sp³-hybridized carbons (Fsp3) is 0.333. The maximum absolute atomic E-state index is 5.82. The van der Waals surface area contributed by atoms with Crippen LogP contribution < -0.4 is 11.1 Å². The molecule has 3 rings (SSSR count). The predicted octanol–water partition coefficient (Wildman–Crippen LogP) is 4.96. The van der Waals surface area contributed by atoms with E-state index in [9.17, 15) is 0 Å². The second-order valence-electron chi connectivity index (χ2n) is 6.29. The van der Waals surface area contributed by atoms with E-state index in [0.29, 0.717) is 18.5 Å². The Morgan fingerprint density at radius 2 is 1.68 bits per heavy atom. The molecule has 0 bridgehead atoms. The molecule has 1 aliphatic rings. The number of nitrogens with one attached hydrogen (secondary N) is 1. The zero-order chi connectivity index (χ0) is 16.1. The van der Waals surface area contributed by atoms with E-state index in [1.807, 2.05) is 0 Å². The minimum absolute atomic E-state index is 0. The Kier molecular flexibility index (Phi) is 9.23. The topological polar surface area (TPSA) is 38.0 Å². The third kappa shape index (κ3) is 5.86. The molecule has 1 unspecified atom stereocenters. The van der Waals surface area contributed by atoms with Crippen LogP contribution in [0.2, 0.25) is 0 Å². The van der Waals surface area contributed by atoms with Crippen molar-refractivity contribution in [2.24, 2.45) is 11.7 Å². The fourth-order valence-electron chi connectivity index (χ4n) is 3.24. The molecule has 0 aliphatic heterocycles. The van der Waals surface area contributed by atoms with E-state index in [4.69, 9.17) is 5.73 Å². The number of nitrogens with two attached hydrogens (primary N) is 1. The van der Waals surface area contributed by atoms with E-state index in [1.165, 1.54) is 23.1 Å². The smallest absolute Gasteiger partial charge is 0.0211 e. The van der Waals surface area contributed by atoms with Gasteiger partial charge < -0.3 is 11.1 Å². The first kappa shape index (κ1) is 21.7. The van der Waals surface area contributed by atoms with E-state index >= 15 is 0 Å². The van der Waals surface area contributed by atoms with Gasteiger partial charge in [0.25, 0.3) is 0 Å². The molecule has 4 heteroatoms. The first-order chi connectivity index (χ1) is 11.3. The molecule has 0 spiro atoms. The summed E-state index contributed by atoms with van der Waals surface area (Å²) in [6.07, 6.45) is 4.73. The van der Waals surface area contributed by atoms with Crippen molar-refractivity contribution in [3.05, 3.63) is 76.9 Å². The van der Waals surface area contributed by atoms with Crippen LogP contribution in [0.3, 0.4) is 0 Å². The highest BCUT2D eigenvalue weighted by molar-refractivity contribution is 5.85. The van der Waals surface area contributed by atoms with Crippen LogP contribution in [0.4, 0.5) is 0 Å². The third-order valence-electron chi connectivity index (χ3n) is 4.72. The largest absolute Gasteiger partial charge is 0.326 e. The van der Waals surface area contributed by atoms with Gasteiger partial charge in [0.15, 0.2) is 0 Å². The zero-order valence-electron chi connectivity index (χ0n) is 14.7. The highest BCUT2D eigenvalue weighted by Gasteiger charge is 2.38. The van der Waals surface area contributed by atoms with Gasteiger partial charge in [-0.3, -0.25) is 0 Å². The Hall–Kier alpha value is -1.32. The molecular formula is C21H28Cl2N2. The Labute approximate surface area is 163 Å². The van der Waals surface area contributed by atoms with E-state index < -0.39 is 0 Å². The summed E-state index contributed by atoms with van der Waals surface area (Å²) in [7, 11) is 0. The normalized spacial score (nSPS) is 18.9. The van der Waals surface area contributed by atoms with E-state index in [1.54, 1.807) is 5.57 Å². The maximum Gasteiger partial charge on any atom is 0.0211 e. The molecule has 2 aromatic carbocycles. The molecule has 0 radical (unpaired) electrons. The van der Waals surface area contributed by atoms with Crippen LogP contribution in [0.5, 0.6) is 0 Å². The summed E-state index contributed by atoms with van der Waals surface area (Å²) in [5, 5.41) is 3.70. The lowest BCUT2D eigenvalue weighted by atomic mass is 10.0. The summed E-state index contributed by atoms with van der Waals surface area (Å²) in [6, 6.07) is 19.7. The first-order valence-corrected chi connectivity index (χ1v) is 8.57. The lowest BCUT2D eigenvalue weighted by Gasteiger charge is -2.10. The van der Waals surface area contributed by atoms with Gasteiger partial charge >= 0.3 is 0 Å². The van der Waals surface area contributed by atoms with Crippen LogP contribution in [0.15, 0.2) is 60.2 Å². The number of hydrogen-bond acceptors (Lipinski definition) is 2. The Bertz CT molecular complexity index is 671. The lowest BCUT2D eigenvalue weighted by molar-refractivity contribution is 0.651. The molecule has 2 aromatic rings. The van der Waals surface area contributed by atoms with Gasteiger partial charge in [0.2, 0.25) is 0 Å². The van der Waals surface area contributed by atoms with E-state index in [0.717, 1.165) is 13.0 Å². The van der Waals surface area contributed by atoms with Crippen LogP contribution in [0.1, 0.15) is 36.5 Å². The number of benzene rings is 2. The van der Waals surface area contributed by atoms with Gasteiger partial charge in [0.1, 0.15) is 0 Å².